The Kier molecular flexibility index (Phi) is 8.87. The molecule has 3 atom stereocenters. The number of anilines is 1. The van der Waals surface area contributed by atoms with E-state index in [0.29, 0.717) is 30.1 Å². The van der Waals surface area contributed by atoms with Crippen LogP contribution in [-0.2, 0) is 0 Å². The molecule has 0 spiro atoms. The number of amides is 4. The van der Waals surface area contributed by atoms with Crippen molar-refractivity contribution in [2.45, 2.75) is 45.9 Å². The molecule has 36 heavy (non-hydrogen) atoms. The first kappa shape index (κ1) is 26.9. The minimum atomic E-state index is -0.427. The van der Waals surface area contributed by atoms with Crippen LogP contribution in [0.3, 0.4) is 0 Å². The summed E-state index contributed by atoms with van der Waals surface area (Å²) in [6.45, 7) is 7.95. The second-order valence-corrected chi connectivity index (χ2v) is 9.51. The number of likely N-dealkylation sites (N-methyl/N-ethyl adjacent to an activating group) is 1. The summed E-state index contributed by atoms with van der Waals surface area (Å²) in [5.41, 5.74) is 1.14. The number of nitrogens with one attached hydrogen (secondary N) is 2. The summed E-state index contributed by atoms with van der Waals surface area (Å²) in [7, 11) is 1.70. The number of hydrogen-bond donors (Lipinski definition) is 3. The number of rotatable bonds is 7. The normalized spacial score (nSPS) is 18.4. The quantitative estimate of drug-likeness (QED) is 0.540. The highest BCUT2D eigenvalue weighted by Gasteiger charge is 2.34. The molecule has 1 aromatic carbocycles. The average molecular weight is 498 g/mol. The third kappa shape index (κ3) is 6.51. The maximum absolute atomic E-state index is 13.5. The van der Waals surface area contributed by atoms with Crippen molar-refractivity contribution in [2.75, 3.05) is 32.1 Å². The first-order chi connectivity index (χ1) is 17.1. The van der Waals surface area contributed by atoms with Gasteiger partial charge in [-0.3, -0.25) is 14.6 Å². The van der Waals surface area contributed by atoms with Gasteiger partial charge in [-0.15, -0.1) is 0 Å². The van der Waals surface area contributed by atoms with E-state index < -0.39 is 12.1 Å². The van der Waals surface area contributed by atoms with E-state index in [9.17, 15) is 19.5 Å². The van der Waals surface area contributed by atoms with Crippen LogP contribution in [0.5, 0.6) is 5.75 Å². The first-order valence-electron chi connectivity index (χ1n) is 12.1. The summed E-state index contributed by atoms with van der Waals surface area (Å²) in [5.74, 6) is -0.410. The van der Waals surface area contributed by atoms with Crippen LogP contribution < -0.4 is 15.4 Å². The molecular weight excluding hydrogens is 462 g/mol. The molecule has 0 aliphatic carbocycles. The predicted molar refractivity (Wildman–Crippen MR) is 136 cm³/mol. The first-order valence-corrected chi connectivity index (χ1v) is 12.1. The number of benzene rings is 1. The Balaban J connectivity index is 1.92. The molecule has 4 amide bonds. The Morgan fingerprint density at radius 1 is 1.22 bits per heavy atom. The molecule has 2 aromatic rings. The van der Waals surface area contributed by atoms with Gasteiger partial charge in [-0.25, -0.2) is 4.79 Å². The van der Waals surface area contributed by atoms with Crippen LogP contribution in [0.15, 0.2) is 42.7 Å². The van der Waals surface area contributed by atoms with Crippen molar-refractivity contribution in [3.05, 3.63) is 53.9 Å². The van der Waals surface area contributed by atoms with Crippen molar-refractivity contribution in [3.8, 4) is 5.75 Å². The molecule has 0 bridgehead atoms. The molecule has 3 N–H and O–H groups in total. The topological polar surface area (TPSA) is 124 Å². The Hall–Kier alpha value is -3.66. The van der Waals surface area contributed by atoms with Crippen LogP contribution in [0, 0.1) is 5.92 Å². The number of carbonyl (C=O) groups is 3. The lowest BCUT2D eigenvalue weighted by molar-refractivity contribution is 0.0366. The zero-order valence-corrected chi connectivity index (χ0v) is 21.4. The standard InChI is InChI=1S/C26H35N5O5/c1-16(2)28-26(35)30(5)14-23-17(3)13-31(18(4)15-32)25(34)21-12-20(6-7-22(21)36-23)29-24(33)19-8-10-27-11-9-19/h6-12,16-18,23,32H,13-15H2,1-5H3,(H,28,35)(H,29,33)/t17-,18+,23+/m0/s1. The molecule has 10 heteroatoms. The largest absolute Gasteiger partial charge is 0.487 e. The summed E-state index contributed by atoms with van der Waals surface area (Å²) in [4.78, 5) is 45.7. The van der Waals surface area contributed by atoms with Crippen LogP contribution >= 0.6 is 0 Å². The molecule has 1 aliphatic heterocycles. The molecule has 0 saturated heterocycles. The SMILES string of the molecule is CC(C)NC(=O)N(C)C[C@H]1Oc2ccc(NC(=O)c3ccncc3)cc2C(=O)N([C@H](C)CO)C[C@@H]1C. The van der Waals surface area contributed by atoms with Crippen molar-refractivity contribution in [1.29, 1.82) is 0 Å². The van der Waals surface area contributed by atoms with E-state index in [4.69, 9.17) is 4.74 Å². The predicted octanol–water partition coefficient (Wildman–Crippen LogP) is 2.60. The van der Waals surface area contributed by atoms with Crippen molar-refractivity contribution < 1.29 is 24.2 Å². The monoisotopic (exact) mass is 497 g/mol. The molecule has 3 rings (SSSR count). The molecular formula is C26H35N5O5. The van der Waals surface area contributed by atoms with Gasteiger partial charge in [0, 0.05) is 49.2 Å². The van der Waals surface area contributed by atoms with Crippen molar-refractivity contribution >= 4 is 23.5 Å². The number of aliphatic hydroxyl groups excluding tert-OH is 1. The zero-order valence-electron chi connectivity index (χ0n) is 21.4. The summed E-state index contributed by atoms with van der Waals surface area (Å²) in [6.07, 6.45) is 2.65. The third-order valence-electron chi connectivity index (χ3n) is 6.08. The Morgan fingerprint density at radius 3 is 2.56 bits per heavy atom. The van der Waals surface area contributed by atoms with Gasteiger partial charge in [0.25, 0.3) is 11.8 Å². The molecule has 0 radical (unpaired) electrons. The number of pyridine rings is 1. The van der Waals surface area contributed by atoms with Crippen molar-refractivity contribution in [2.24, 2.45) is 5.92 Å². The van der Waals surface area contributed by atoms with Crippen molar-refractivity contribution in [1.82, 2.24) is 20.1 Å². The number of nitrogens with zero attached hydrogens (tertiary/aromatic N) is 3. The molecule has 2 heterocycles. The molecule has 1 aromatic heterocycles. The van der Waals surface area contributed by atoms with Gasteiger partial charge in [-0.05, 0) is 51.1 Å². The van der Waals surface area contributed by atoms with Gasteiger partial charge in [0.05, 0.1) is 24.8 Å². The molecule has 0 saturated carbocycles. The minimum Gasteiger partial charge on any atom is -0.487 e. The number of aromatic nitrogens is 1. The molecule has 0 fully saturated rings. The number of carbonyl (C=O) groups excluding carboxylic acids is 3. The highest BCUT2D eigenvalue weighted by atomic mass is 16.5. The molecule has 194 valence electrons. The maximum atomic E-state index is 13.5. The van der Waals surface area contributed by atoms with Crippen LogP contribution in [0.25, 0.3) is 0 Å². The van der Waals surface area contributed by atoms with Gasteiger partial charge < -0.3 is 30.3 Å². The summed E-state index contributed by atoms with van der Waals surface area (Å²) in [6, 6.07) is 7.45. The second kappa shape index (κ2) is 11.9. The van der Waals surface area contributed by atoms with E-state index >= 15 is 0 Å². The van der Waals surface area contributed by atoms with E-state index in [1.165, 1.54) is 12.4 Å². The maximum Gasteiger partial charge on any atom is 0.317 e. The summed E-state index contributed by atoms with van der Waals surface area (Å²) < 4.78 is 6.30. The fraction of sp³-hybridized carbons (Fsp3) is 0.462. The van der Waals surface area contributed by atoms with Crippen LogP contribution in [0.2, 0.25) is 0 Å². The van der Waals surface area contributed by atoms with E-state index in [1.54, 1.807) is 54.1 Å². The minimum absolute atomic E-state index is 0.00403. The lowest BCUT2D eigenvalue weighted by Gasteiger charge is -2.38. The van der Waals surface area contributed by atoms with Gasteiger partial charge in [-0.2, -0.15) is 0 Å². The van der Waals surface area contributed by atoms with Gasteiger partial charge in [0.15, 0.2) is 0 Å². The fourth-order valence-electron chi connectivity index (χ4n) is 3.93. The highest BCUT2D eigenvalue weighted by Crippen LogP contribution is 2.31. The molecule has 10 nitrogen and oxygen atoms in total. The molecule has 0 unspecified atom stereocenters. The van der Waals surface area contributed by atoms with Crippen LogP contribution in [0.1, 0.15) is 48.4 Å². The lowest BCUT2D eigenvalue weighted by Crippen LogP contribution is -2.51. The Labute approximate surface area is 211 Å². The van der Waals surface area contributed by atoms with Crippen LogP contribution in [0.4, 0.5) is 10.5 Å². The zero-order chi connectivity index (χ0) is 26.4. The number of ether oxygens (including phenoxy) is 1. The molecule has 1 aliphatic rings. The van der Waals surface area contributed by atoms with Gasteiger partial charge >= 0.3 is 6.03 Å². The number of aliphatic hydroxyl groups is 1. The second-order valence-electron chi connectivity index (χ2n) is 9.51. The van der Waals surface area contributed by atoms with E-state index in [2.05, 4.69) is 15.6 Å². The third-order valence-corrected chi connectivity index (χ3v) is 6.08. The average Bonchev–Trinajstić information content (AvgIpc) is 2.86. The summed E-state index contributed by atoms with van der Waals surface area (Å²) in [5, 5.41) is 15.5. The number of hydrogen-bond acceptors (Lipinski definition) is 6. The fourth-order valence-corrected chi connectivity index (χ4v) is 3.93. The van der Waals surface area contributed by atoms with E-state index in [0.717, 1.165) is 0 Å². The number of urea groups is 1. The van der Waals surface area contributed by atoms with Crippen LogP contribution in [-0.4, -0.2) is 82.7 Å². The van der Waals surface area contributed by atoms with Crippen molar-refractivity contribution in [3.63, 3.8) is 0 Å². The van der Waals surface area contributed by atoms with Gasteiger partial charge in [-0.1, -0.05) is 6.92 Å². The highest BCUT2D eigenvalue weighted by molar-refractivity contribution is 6.05. The van der Waals surface area contributed by atoms with E-state index in [-0.39, 0.29) is 42.0 Å². The Morgan fingerprint density at radius 2 is 1.92 bits per heavy atom. The smallest absolute Gasteiger partial charge is 0.317 e. The summed E-state index contributed by atoms with van der Waals surface area (Å²) >= 11 is 0. The van der Waals surface area contributed by atoms with Gasteiger partial charge in [0.2, 0.25) is 0 Å². The lowest BCUT2D eigenvalue weighted by atomic mass is 9.99. The van der Waals surface area contributed by atoms with Gasteiger partial charge in [0.1, 0.15) is 11.9 Å². The van der Waals surface area contributed by atoms with E-state index in [1.807, 2.05) is 20.8 Å². The number of fused-ring (bicyclic) bond motifs is 1. The Bertz CT molecular complexity index is 1080.